The van der Waals surface area contributed by atoms with Crippen molar-refractivity contribution in [2.24, 2.45) is 10.7 Å². The van der Waals surface area contributed by atoms with Crippen molar-refractivity contribution in [2.75, 3.05) is 5.32 Å². The topological polar surface area (TPSA) is 159 Å². The van der Waals surface area contributed by atoms with E-state index in [9.17, 15) is 19.8 Å². The lowest BCUT2D eigenvalue weighted by atomic mass is 10.1. The van der Waals surface area contributed by atoms with Crippen molar-refractivity contribution in [3.63, 3.8) is 0 Å². The normalized spacial score (nSPS) is 13.7. The third-order valence-corrected chi connectivity index (χ3v) is 6.86. The van der Waals surface area contributed by atoms with Crippen molar-refractivity contribution in [3.05, 3.63) is 73.9 Å². The molecule has 10 nitrogen and oxygen atoms in total. The van der Waals surface area contributed by atoms with Crippen LogP contribution in [0.2, 0.25) is 5.15 Å². The van der Waals surface area contributed by atoms with Crippen molar-refractivity contribution in [1.29, 1.82) is 0 Å². The van der Waals surface area contributed by atoms with Crippen LogP contribution in [-0.4, -0.2) is 48.2 Å². The number of anilines is 2. The number of rotatable bonds is 6. The molecular formula is C24H25ClN6O4S. The summed E-state index contributed by atoms with van der Waals surface area (Å²) in [6, 6.07) is 5.70. The van der Waals surface area contributed by atoms with Gasteiger partial charge in [0, 0.05) is 11.6 Å². The SMILES string of the molecule is Cc1cc(C)c2cc(Cl)n(C(=O)c3cncc(Nc4s[nH]c(=O)c4/C(N)=N/C(O)C(C)O)c3C)c2c1. The zero-order valence-electron chi connectivity index (χ0n) is 20.0. The van der Waals surface area contributed by atoms with Crippen LogP contribution in [0.4, 0.5) is 10.7 Å². The van der Waals surface area contributed by atoms with Crippen LogP contribution in [0.25, 0.3) is 10.9 Å². The second kappa shape index (κ2) is 9.86. The summed E-state index contributed by atoms with van der Waals surface area (Å²) in [5, 5.41) is 23.9. The Morgan fingerprint density at radius 3 is 2.67 bits per heavy atom. The van der Waals surface area contributed by atoms with Crippen LogP contribution >= 0.6 is 23.1 Å². The summed E-state index contributed by atoms with van der Waals surface area (Å²) in [5.74, 6) is -0.597. The number of benzene rings is 1. The van der Waals surface area contributed by atoms with Crippen molar-refractivity contribution in [2.45, 2.75) is 40.0 Å². The Kier molecular flexibility index (Phi) is 7.01. The number of halogens is 1. The Hall–Kier alpha value is -3.51. The molecule has 188 valence electrons. The van der Waals surface area contributed by atoms with Crippen LogP contribution in [0.15, 0.2) is 40.4 Å². The summed E-state index contributed by atoms with van der Waals surface area (Å²) in [6.07, 6.45) is 0.316. The smallest absolute Gasteiger partial charge is 0.271 e. The van der Waals surface area contributed by atoms with Crippen molar-refractivity contribution < 1.29 is 15.0 Å². The van der Waals surface area contributed by atoms with Gasteiger partial charge in [0.05, 0.1) is 29.1 Å². The molecule has 0 aliphatic rings. The Labute approximate surface area is 215 Å². The molecule has 6 N–H and O–H groups in total. The molecule has 0 saturated heterocycles. The maximum atomic E-state index is 13.6. The monoisotopic (exact) mass is 528 g/mol. The van der Waals surface area contributed by atoms with Gasteiger partial charge >= 0.3 is 0 Å². The number of pyridine rings is 1. The van der Waals surface area contributed by atoms with E-state index in [0.29, 0.717) is 27.3 Å². The molecule has 36 heavy (non-hydrogen) atoms. The number of aryl methyl sites for hydroxylation is 2. The van der Waals surface area contributed by atoms with Gasteiger partial charge < -0.3 is 21.3 Å². The van der Waals surface area contributed by atoms with Crippen molar-refractivity contribution in [1.82, 2.24) is 13.9 Å². The van der Waals surface area contributed by atoms with Crippen LogP contribution in [0, 0.1) is 20.8 Å². The lowest BCUT2D eigenvalue weighted by Crippen LogP contribution is -2.28. The number of hydrogen-bond donors (Lipinski definition) is 5. The fourth-order valence-corrected chi connectivity index (χ4v) is 4.92. The zero-order valence-corrected chi connectivity index (χ0v) is 21.5. The summed E-state index contributed by atoms with van der Waals surface area (Å²) in [6.45, 7) is 7.01. The van der Waals surface area contributed by atoms with Crippen LogP contribution in [0.5, 0.6) is 0 Å². The highest BCUT2D eigenvalue weighted by atomic mass is 35.5. The van der Waals surface area contributed by atoms with E-state index in [1.807, 2.05) is 26.0 Å². The van der Waals surface area contributed by atoms with Crippen molar-refractivity contribution >= 4 is 56.5 Å². The molecule has 0 bridgehead atoms. The molecule has 2 atom stereocenters. The summed E-state index contributed by atoms with van der Waals surface area (Å²) >= 11 is 7.45. The molecule has 4 rings (SSSR count). The second-order valence-corrected chi connectivity index (χ2v) is 9.72. The summed E-state index contributed by atoms with van der Waals surface area (Å²) < 4.78 is 4.02. The van der Waals surface area contributed by atoms with Crippen LogP contribution < -0.4 is 16.6 Å². The first-order chi connectivity index (χ1) is 17.0. The molecule has 3 aromatic heterocycles. The number of nitrogens with one attached hydrogen (secondary N) is 2. The number of amidine groups is 1. The van der Waals surface area contributed by atoms with E-state index >= 15 is 0 Å². The van der Waals surface area contributed by atoms with E-state index < -0.39 is 17.9 Å². The van der Waals surface area contributed by atoms with E-state index in [0.717, 1.165) is 28.0 Å². The number of H-pyrrole nitrogens is 1. The molecule has 12 heteroatoms. The number of nitrogens with zero attached hydrogens (tertiary/aromatic N) is 3. The zero-order chi connectivity index (χ0) is 26.3. The average molecular weight is 529 g/mol. The fourth-order valence-electron chi connectivity index (χ4n) is 3.88. The summed E-state index contributed by atoms with van der Waals surface area (Å²) in [7, 11) is 0. The van der Waals surface area contributed by atoms with Gasteiger partial charge in [-0.25, -0.2) is 4.99 Å². The van der Waals surface area contributed by atoms with Crippen molar-refractivity contribution in [3.8, 4) is 0 Å². The minimum atomic E-state index is -1.49. The molecule has 3 heterocycles. The van der Waals surface area contributed by atoms with Crippen LogP contribution in [-0.2, 0) is 0 Å². The molecule has 0 saturated carbocycles. The fraction of sp³-hybridized carbons (Fsp3) is 0.250. The first-order valence-corrected chi connectivity index (χ1v) is 12.1. The van der Waals surface area contributed by atoms with E-state index in [2.05, 4.69) is 19.7 Å². The number of aliphatic hydroxyl groups excluding tert-OH is 2. The van der Waals surface area contributed by atoms with Gasteiger partial charge in [0.25, 0.3) is 11.5 Å². The molecule has 0 radical (unpaired) electrons. The largest absolute Gasteiger partial charge is 0.389 e. The molecular weight excluding hydrogens is 504 g/mol. The Morgan fingerprint density at radius 1 is 1.25 bits per heavy atom. The van der Waals surface area contributed by atoms with E-state index in [1.54, 1.807) is 13.0 Å². The number of aromatic nitrogens is 3. The highest BCUT2D eigenvalue weighted by molar-refractivity contribution is 7.10. The number of aliphatic hydroxyl groups is 2. The third kappa shape index (κ3) is 4.65. The summed E-state index contributed by atoms with van der Waals surface area (Å²) in [4.78, 5) is 34.0. The lowest BCUT2D eigenvalue weighted by Gasteiger charge is -2.14. The first-order valence-electron chi connectivity index (χ1n) is 10.9. The summed E-state index contributed by atoms with van der Waals surface area (Å²) in [5.41, 5.74) is 9.49. The minimum absolute atomic E-state index is 0.00114. The van der Waals surface area contributed by atoms with Crippen LogP contribution in [0.3, 0.4) is 0 Å². The van der Waals surface area contributed by atoms with E-state index in [1.165, 1.54) is 23.9 Å². The van der Waals surface area contributed by atoms with Gasteiger partial charge in [0.1, 0.15) is 21.6 Å². The highest BCUT2D eigenvalue weighted by Crippen LogP contribution is 2.31. The Morgan fingerprint density at radius 2 is 1.97 bits per heavy atom. The van der Waals surface area contributed by atoms with Gasteiger partial charge in [-0.2, -0.15) is 0 Å². The highest BCUT2D eigenvalue weighted by Gasteiger charge is 2.22. The van der Waals surface area contributed by atoms with Gasteiger partial charge in [-0.3, -0.25) is 23.5 Å². The molecule has 2 unspecified atom stereocenters. The Bertz CT molecular complexity index is 1570. The average Bonchev–Trinajstić information content (AvgIpc) is 3.33. The molecule has 4 aromatic rings. The standard InChI is InChI=1S/C24H25ClN6O4S/c1-10-5-11(2)14-7-18(25)31(17(14)6-10)24(35)15-8-27-9-16(12(15)3)28-23-19(22(34)30-36-23)20(26)29-21(33)13(4)32/h5-9,13,21,28,32-33H,1-4H3,(H2,26,29)(H,30,34). The van der Waals surface area contributed by atoms with Crippen LogP contribution in [0.1, 0.15) is 39.5 Å². The first kappa shape index (κ1) is 25.6. The number of carbonyl (C=O) groups excluding carboxylic acids is 1. The quantitative estimate of drug-likeness (QED) is 0.190. The molecule has 0 fully saturated rings. The molecule has 1 aromatic carbocycles. The molecule has 0 amide bonds. The number of aromatic amines is 1. The Balaban J connectivity index is 1.74. The number of aliphatic imine (C=N–C) groups is 1. The second-order valence-electron chi connectivity index (χ2n) is 8.51. The molecule has 0 aliphatic heterocycles. The third-order valence-electron chi connectivity index (χ3n) is 5.78. The minimum Gasteiger partial charge on any atom is -0.389 e. The lowest BCUT2D eigenvalue weighted by molar-refractivity contribution is 0.0376. The van der Waals surface area contributed by atoms with E-state index in [4.69, 9.17) is 17.3 Å². The van der Waals surface area contributed by atoms with E-state index in [-0.39, 0.29) is 22.5 Å². The number of fused-ring (bicyclic) bond motifs is 1. The predicted octanol–water partition coefficient (Wildman–Crippen LogP) is 3.20. The number of nitrogens with two attached hydrogens (primary N) is 1. The van der Waals surface area contributed by atoms with Gasteiger partial charge in [0.2, 0.25) is 0 Å². The van der Waals surface area contributed by atoms with Gasteiger partial charge in [-0.05, 0) is 68.1 Å². The molecule has 0 aliphatic carbocycles. The molecule has 0 spiro atoms. The van der Waals surface area contributed by atoms with Gasteiger partial charge in [-0.1, -0.05) is 17.7 Å². The maximum Gasteiger partial charge on any atom is 0.271 e. The van der Waals surface area contributed by atoms with Gasteiger partial charge in [-0.15, -0.1) is 0 Å². The number of carbonyl (C=O) groups is 1. The number of hydrogen-bond acceptors (Lipinski definition) is 8. The predicted molar refractivity (Wildman–Crippen MR) is 142 cm³/mol. The maximum absolute atomic E-state index is 13.6. The van der Waals surface area contributed by atoms with Gasteiger partial charge in [0.15, 0.2) is 6.23 Å².